The van der Waals surface area contributed by atoms with Crippen LogP contribution in [-0.4, -0.2) is 29.2 Å². The summed E-state index contributed by atoms with van der Waals surface area (Å²) < 4.78 is 5.45. The number of aromatic nitrogens is 2. The third kappa shape index (κ3) is 7.40. The summed E-state index contributed by atoms with van der Waals surface area (Å²) >= 11 is 1.76. The van der Waals surface area contributed by atoms with E-state index in [4.69, 9.17) is 4.52 Å². The largest absolute Gasteiger partial charge is 0.359 e. The molecule has 0 amide bonds. The smallest absolute Gasteiger partial charge is 0.191 e. The summed E-state index contributed by atoms with van der Waals surface area (Å²) in [5.74, 6) is 2.06. The van der Waals surface area contributed by atoms with Crippen molar-refractivity contribution < 1.29 is 4.52 Å². The summed E-state index contributed by atoms with van der Waals surface area (Å²) in [4.78, 5) is 10.5. The van der Waals surface area contributed by atoms with Crippen LogP contribution in [0.4, 0.5) is 0 Å². The molecule has 0 aromatic carbocycles. The highest BCUT2D eigenvalue weighted by molar-refractivity contribution is 14.0. The van der Waals surface area contributed by atoms with Crippen LogP contribution in [0, 0.1) is 13.8 Å². The number of rotatable bonds is 9. The standard InChI is InChI=1S/C19H31N5OS.HI/c1-6-15(7-2)17-11-16(25-24-17)12-22-19(20-8-3)21-10-9-18-23-13(4)14(5)26-18;/h11,15H,6-10,12H2,1-5H3,(H2,20,21,22);1H. The predicted octanol–water partition coefficient (Wildman–Crippen LogP) is 4.57. The van der Waals surface area contributed by atoms with E-state index < -0.39 is 0 Å². The highest BCUT2D eigenvalue weighted by atomic mass is 127. The predicted molar refractivity (Wildman–Crippen MR) is 123 cm³/mol. The van der Waals surface area contributed by atoms with E-state index in [0.29, 0.717) is 12.5 Å². The van der Waals surface area contributed by atoms with Crippen molar-refractivity contribution in [3.63, 3.8) is 0 Å². The third-order valence-electron chi connectivity index (χ3n) is 4.42. The number of nitrogens with zero attached hydrogens (tertiary/aromatic N) is 3. The summed E-state index contributed by atoms with van der Waals surface area (Å²) in [6.45, 7) is 12.7. The van der Waals surface area contributed by atoms with E-state index in [9.17, 15) is 0 Å². The molecule has 6 nitrogen and oxygen atoms in total. The minimum Gasteiger partial charge on any atom is -0.359 e. The number of aliphatic imine (C=N–C) groups is 1. The average molecular weight is 505 g/mol. The second kappa shape index (κ2) is 12.3. The molecule has 2 rings (SSSR count). The van der Waals surface area contributed by atoms with Crippen LogP contribution in [0.25, 0.3) is 0 Å². The number of hydrogen-bond acceptors (Lipinski definition) is 5. The van der Waals surface area contributed by atoms with Gasteiger partial charge in [0.25, 0.3) is 0 Å². The SMILES string of the molecule is CCNC(=NCc1cc(C(CC)CC)no1)NCCc1nc(C)c(C)s1.I. The van der Waals surface area contributed by atoms with Crippen LogP contribution >= 0.6 is 35.3 Å². The first-order valence-electron chi connectivity index (χ1n) is 9.47. The second-order valence-corrected chi connectivity index (χ2v) is 7.64. The van der Waals surface area contributed by atoms with Crippen LogP contribution in [0.2, 0.25) is 0 Å². The highest BCUT2D eigenvalue weighted by Gasteiger charge is 2.12. The Morgan fingerprint density at radius 1 is 1.22 bits per heavy atom. The van der Waals surface area contributed by atoms with Crippen molar-refractivity contribution in [2.45, 2.75) is 66.3 Å². The Balaban J connectivity index is 0.00000364. The van der Waals surface area contributed by atoms with Crippen LogP contribution < -0.4 is 10.6 Å². The van der Waals surface area contributed by atoms with E-state index in [1.807, 2.05) is 6.07 Å². The first kappa shape index (κ1) is 23.9. The lowest BCUT2D eigenvalue weighted by atomic mass is 9.99. The Labute approximate surface area is 183 Å². The van der Waals surface area contributed by atoms with Crippen molar-refractivity contribution in [3.8, 4) is 0 Å². The van der Waals surface area contributed by atoms with Gasteiger partial charge in [0, 0.05) is 36.4 Å². The fraction of sp³-hybridized carbons (Fsp3) is 0.632. The van der Waals surface area contributed by atoms with Gasteiger partial charge >= 0.3 is 0 Å². The number of guanidine groups is 1. The van der Waals surface area contributed by atoms with Crippen LogP contribution in [0.5, 0.6) is 0 Å². The molecule has 0 aliphatic carbocycles. The Morgan fingerprint density at radius 2 is 1.96 bits per heavy atom. The average Bonchev–Trinajstić information content (AvgIpc) is 3.21. The van der Waals surface area contributed by atoms with Crippen LogP contribution in [0.15, 0.2) is 15.6 Å². The number of thiazole rings is 1. The molecule has 0 fully saturated rings. The van der Waals surface area contributed by atoms with Crippen molar-refractivity contribution in [1.82, 2.24) is 20.8 Å². The molecule has 0 saturated carbocycles. The highest BCUT2D eigenvalue weighted by Crippen LogP contribution is 2.22. The summed E-state index contributed by atoms with van der Waals surface area (Å²) in [5, 5.41) is 12.0. The molecule has 0 aliphatic heterocycles. The third-order valence-corrected chi connectivity index (χ3v) is 5.56. The van der Waals surface area contributed by atoms with Gasteiger partial charge in [-0.1, -0.05) is 19.0 Å². The maximum atomic E-state index is 5.45. The summed E-state index contributed by atoms with van der Waals surface area (Å²) in [6, 6.07) is 2.03. The van der Waals surface area contributed by atoms with Gasteiger partial charge in [-0.15, -0.1) is 35.3 Å². The van der Waals surface area contributed by atoms with Gasteiger partial charge in [0.1, 0.15) is 6.54 Å². The van der Waals surface area contributed by atoms with Crippen molar-refractivity contribution in [1.29, 1.82) is 0 Å². The van der Waals surface area contributed by atoms with E-state index in [0.717, 1.165) is 60.5 Å². The summed E-state index contributed by atoms with van der Waals surface area (Å²) in [5.41, 5.74) is 2.16. The van der Waals surface area contributed by atoms with E-state index in [2.05, 4.69) is 60.4 Å². The summed E-state index contributed by atoms with van der Waals surface area (Å²) in [6.07, 6.45) is 3.04. The maximum Gasteiger partial charge on any atom is 0.191 e. The molecular formula is C19H32IN5OS. The zero-order valence-corrected chi connectivity index (χ0v) is 20.1. The van der Waals surface area contributed by atoms with E-state index in [1.165, 1.54) is 4.88 Å². The molecule has 0 radical (unpaired) electrons. The molecule has 0 bridgehead atoms. The lowest BCUT2D eigenvalue weighted by Gasteiger charge is -2.10. The maximum absolute atomic E-state index is 5.45. The van der Waals surface area contributed by atoms with Crippen molar-refractivity contribution >= 4 is 41.3 Å². The van der Waals surface area contributed by atoms with Crippen LogP contribution in [-0.2, 0) is 13.0 Å². The zero-order valence-electron chi connectivity index (χ0n) is 17.0. The molecule has 0 saturated heterocycles. The second-order valence-electron chi connectivity index (χ2n) is 6.35. The number of nitrogens with one attached hydrogen (secondary N) is 2. The minimum atomic E-state index is 0. The van der Waals surface area contributed by atoms with Gasteiger partial charge in [0.15, 0.2) is 11.7 Å². The van der Waals surface area contributed by atoms with Gasteiger partial charge in [-0.3, -0.25) is 0 Å². The monoisotopic (exact) mass is 505 g/mol. The van der Waals surface area contributed by atoms with Crippen LogP contribution in [0.1, 0.15) is 66.6 Å². The van der Waals surface area contributed by atoms with E-state index in [-0.39, 0.29) is 24.0 Å². The van der Waals surface area contributed by atoms with Gasteiger partial charge in [-0.2, -0.15) is 0 Å². The molecule has 0 spiro atoms. The molecule has 27 heavy (non-hydrogen) atoms. The van der Waals surface area contributed by atoms with Crippen LogP contribution in [0.3, 0.4) is 0 Å². The van der Waals surface area contributed by atoms with E-state index >= 15 is 0 Å². The molecular weight excluding hydrogens is 473 g/mol. The number of aryl methyl sites for hydroxylation is 2. The number of hydrogen-bond donors (Lipinski definition) is 2. The Hall–Kier alpha value is -1.16. The van der Waals surface area contributed by atoms with Crippen molar-refractivity contribution in [2.75, 3.05) is 13.1 Å². The minimum absolute atomic E-state index is 0. The van der Waals surface area contributed by atoms with E-state index in [1.54, 1.807) is 11.3 Å². The molecule has 2 heterocycles. The first-order valence-corrected chi connectivity index (χ1v) is 10.3. The normalized spacial score (nSPS) is 11.6. The summed E-state index contributed by atoms with van der Waals surface area (Å²) in [7, 11) is 0. The Bertz CT molecular complexity index is 689. The molecule has 8 heteroatoms. The first-order chi connectivity index (χ1) is 12.6. The molecule has 152 valence electrons. The molecule has 0 atom stereocenters. The van der Waals surface area contributed by atoms with Crippen molar-refractivity contribution in [2.24, 2.45) is 4.99 Å². The molecule has 0 unspecified atom stereocenters. The van der Waals surface area contributed by atoms with Gasteiger partial charge < -0.3 is 15.2 Å². The Morgan fingerprint density at radius 3 is 2.56 bits per heavy atom. The topological polar surface area (TPSA) is 75.3 Å². The fourth-order valence-electron chi connectivity index (χ4n) is 2.74. The Kier molecular flexibility index (Phi) is 10.9. The van der Waals surface area contributed by atoms with Gasteiger partial charge in [-0.25, -0.2) is 9.98 Å². The lowest BCUT2D eigenvalue weighted by molar-refractivity contribution is 0.372. The lowest BCUT2D eigenvalue weighted by Crippen LogP contribution is -2.38. The number of halogens is 1. The fourth-order valence-corrected chi connectivity index (χ4v) is 3.67. The van der Waals surface area contributed by atoms with Gasteiger partial charge in [-0.05, 0) is 33.6 Å². The molecule has 0 aliphatic rings. The zero-order chi connectivity index (χ0) is 18.9. The van der Waals surface area contributed by atoms with Gasteiger partial charge in [0.05, 0.1) is 16.4 Å². The quantitative estimate of drug-likeness (QED) is 0.297. The van der Waals surface area contributed by atoms with Crippen molar-refractivity contribution in [3.05, 3.63) is 33.1 Å². The molecule has 2 N–H and O–H groups in total. The molecule has 2 aromatic heterocycles. The molecule has 2 aromatic rings. The van der Waals surface area contributed by atoms with Gasteiger partial charge in [0.2, 0.25) is 0 Å².